The minimum atomic E-state index is -3.17. The van der Waals surface area contributed by atoms with E-state index in [1.165, 1.54) is 11.1 Å². The standard InChI is InChI=1S/C17H19N3O2S2/c1-13-16(23-12-19-13)4-3-10-20-11-9-18-17(20)14-5-7-15(8-6-14)24(2,21)22/h5-9,11-12H,3-4,10H2,1-2H3. The average molecular weight is 361 g/mol. The Morgan fingerprint density at radius 2 is 1.92 bits per heavy atom. The van der Waals surface area contributed by atoms with Crippen LogP contribution in [0.3, 0.4) is 0 Å². The molecule has 0 radical (unpaired) electrons. The molecule has 7 heteroatoms. The fraction of sp³-hybridized carbons (Fsp3) is 0.294. The van der Waals surface area contributed by atoms with Crippen LogP contribution in [0.5, 0.6) is 0 Å². The smallest absolute Gasteiger partial charge is 0.175 e. The zero-order chi connectivity index (χ0) is 17.2. The highest BCUT2D eigenvalue weighted by Crippen LogP contribution is 2.21. The van der Waals surface area contributed by atoms with Crippen molar-refractivity contribution >= 4 is 21.2 Å². The normalized spacial score (nSPS) is 11.8. The van der Waals surface area contributed by atoms with Gasteiger partial charge in [0.1, 0.15) is 5.82 Å². The molecule has 126 valence electrons. The lowest BCUT2D eigenvalue weighted by atomic mass is 10.2. The van der Waals surface area contributed by atoms with E-state index < -0.39 is 9.84 Å². The highest BCUT2D eigenvalue weighted by molar-refractivity contribution is 7.90. The quantitative estimate of drug-likeness (QED) is 0.675. The summed E-state index contributed by atoms with van der Waals surface area (Å²) in [6.45, 7) is 2.90. The maximum atomic E-state index is 11.6. The summed E-state index contributed by atoms with van der Waals surface area (Å²) in [5, 5.41) is 0. The second-order valence-corrected chi connectivity index (χ2v) is 8.66. The van der Waals surface area contributed by atoms with E-state index in [0.717, 1.165) is 36.5 Å². The first-order valence-electron chi connectivity index (χ1n) is 7.66. The first kappa shape index (κ1) is 16.9. The first-order valence-corrected chi connectivity index (χ1v) is 10.4. The number of hydrogen-bond donors (Lipinski definition) is 0. The summed E-state index contributed by atoms with van der Waals surface area (Å²) >= 11 is 1.70. The maximum absolute atomic E-state index is 11.6. The highest BCUT2D eigenvalue weighted by atomic mass is 32.2. The van der Waals surface area contributed by atoms with Crippen molar-refractivity contribution in [3.8, 4) is 11.4 Å². The SMILES string of the molecule is Cc1ncsc1CCCn1ccnc1-c1ccc(S(C)(=O)=O)cc1. The van der Waals surface area contributed by atoms with Gasteiger partial charge in [-0.05, 0) is 44.0 Å². The van der Waals surface area contributed by atoms with Crippen molar-refractivity contribution in [3.63, 3.8) is 0 Å². The van der Waals surface area contributed by atoms with Crippen LogP contribution in [0.15, 0.2) is 47.1 Å². The number of aromatic nitrogens is 3. The van der Waals surface area contributed by atoms with Gasteiger partial charge in [-0.1, -0.05) is 0 Å². The Hall–Kier alpha value is -1.99. The minimum Gasteiger partial charge on any atom is -0.331 e. The van der Waals surface area contributed by atoms with Gasteiger partial charge in [-0.25, -0.2) is 18.4 Å². The van der Waals surface area contributed by atoms with Gasteiger partial charge in [0.15, 0.2) is 9.84 Å². The van der Waals surface area contributed by atoms with Crippen LogP contribution in [0.25, 0.3) is 11.4 Å². The molecule has 5 nitrogen and oxygen atoms in total. The van der Waals surface area contributed by atoms with Crippen LogP contribution in [-0.4, -0.2) is 29.2 Å². The molecule has 0 saturated heterocycles. The largest absolute Gasteiger partial charge is 0.331 e. The van der Waals surface area contributed by atoms with Crippen molar-refractivity contribution < 1.29 is 8.42 Å². The zero-order valence-electron chi connectivity index (χ0n) is 13.6. The van der Waals surface area contributed by atoms with Crippen molar-refractivity contribution in [3.05, 3.63) is 52.7 Å². The lowest BCUT2D eigenvalue weighted by Crippen LogP contribution is -2.02. The molecule has 0 bridgehead atoms. The summed E-state index contributed by atoms with van der Waals surface area (Å²) < 4.78 is 25.2. The first-order chi connectivity index (χ1) is 11.4. The van der Waals surface area contributed by atoms with E-state index >= 15 is 0 Å². The Morgan fingerprint density at radius 3 is 2.54 bits per heavy atom. The molecule has 0 fully saturated rings. The number of rotatable bonds is 6. The molecule has 24 heavy (non-hydrogen) atoms. The number of imidazole rings is 1. The van der Waals surface area contributed by atoms with Gasteiger partial charge in [-0.15, -0.1) is 11.3 Å². The van der Waals surface area contributed by atoms with Crippen LogP contribution in [0.4, 0.5) is 0 Å². The van der Waals surface area contributed by atoms with E-state index in [-0.39, 0.29) is 0 Å². The number of aryl methyl sites for hydroxylation is 3. The van der Waals surface area contributed by atoms with Crippen LogP contribution in [0, 0.1) is 6.92 Å². The van der Waals surface area contributed by atoms with Crippen LogP contribution in [0.2, 0.25) is 0 Å². The Balaban J connectivity index is 1.72. The van der Waals surface area contributed by atoms with Gasteiger partial charge in [-0.3, -0.25) is 0 Å². The third kappa shape index (κ3) is 3.73. The fourth-order valence-electron chi connectivity index (χ4n) is 2.58. The van der Waals surface area contributed by atoms with E-state index in [4.69, 9.17) is 0 Å². The summed E-state index contributed by atoms with van der Waals surface area (Å²) in [5.74, 6) is 0.857. The van der Waals surface area contributed by atoms with Crippen LogP contribution in [-0.2, 0) is 22.8 Å². The molecule has 0 aliphatic heterocycles. The second-order valence-electron chi connectivity index (χ2n) is 5.71. The highest BCUT2D eigenvalue weighted by Gasteiger charge is 2.10. The Kier molecular flexibility index (Phi) is 4.82. The summed E-state index contributed by atoms with van der Waals surface area (Å²) in [4.78, 5) is 10.3. The average Bonchev–Trinajstić information content (AvgIpc) is 3.16. The van der Waals surface area contributed by atoms with Crippen molar-refractivity contribution in [2.75, 3.05) is 6.26 Å². The molecule has 2 heterocycles. The molecule has 0 unspecified atom stereocenters. The lowest BCUT2D eigenvalue weighted by molar-refractivity contribution is 0.602. The topological polar surface area (TPSA) is 64.8 Å². The van der Waals surface area contributed by atoms with Gasteiger partial charge < -0.3 is 4.57 Å². The molecule has 0 spiro atoms. The van der Waals surface area contributed by atoms with Gasteiger partial charge in [0.25, 0.3) is 0 Å². The van der Waals surface area contributed by atoms with E-state index in [2.05, 4.69) is 14.5 Å². The van der Waals surface area contributed by atoms with Gasteiger partial charge in [0.2, 0.25) is 0 Å². The van der Waals surface area contributed by atoms with Crippen molar-refractivity contribution in [2.24, 2.45) is 0 Å². The monoisotopic (exact) mass is 361 g/mol. The van der Waals surface area contributed by atoms with Crippen LogP contribution >= 0.6 is 11.3 Å². The van der Waals surface area contributed by atoms with Crippen molar-refractivity contribution in [1.29, 1.82) is 0 Å². The van der Waals surface area contributed by atoms with Crippen LogP contribution < -0.4 is 0 Å². The Morgan fingerprint density at radius 1 is 1.17 bits per heavy atom. The van der Waals surface area contributed by atoms with E-state index in [9.17, 15) is 8.42 Å². The zero-order valence-corrected chi connectivity index (χ0v) is 15.3. The van der Waals surface area contributed by atoms with E-state index in [1.54, 1.807) is 29.7 Å². The molecular weight excluding hydrogens is 342 g/mol. The number of thiazole rings is 1. The number of hydrogen-bond acceptors (Lipinski definition) is 5. The molecule has 1 aromatic carbocycles. The van der Waals surface area contributed by atoms with Gasteiger partial charge in [0, 0.05) is 35.6 Å². The van der Waals surface area contributed by atoms with Crippen molar-refractivity contribution in [1.82, 2.24) is 14.5 Å². The molecule has 3 rings (SSSR count). The summed E-state index contributed by atoms with van der Waals surface area (Å²) in [6.07, 6.45) is 6.95. The number of nitrogens with zero attached hydrogens (tertiary/aromatic N) is 3. The van der Waals surface area contributed by atoms with Crippen LogP contribution in [0.1, 0.15) is 17.0 Å². The van der Waals surface area contributed by atoms with E-state index in [0.29, 0.717) is 4.90 Å². The minimum absolute atomic E-state index is 0.324. The van der Waals surface area contributed by atoms with Gasteiger partial charge in [-0.2, -0.15) is 0 Å². The van der Waals surface area contributed by atoms with Crippen molar-refractivity contribution in [2.45, 2.75) is 31.2 Å². The second kappa shape index (κ2) is 6.86. The predicted octanol–water partition coefficient (Wildman–Crippen LogP) is 3.35. The summed E-state index contributed by atoms with van der Waals surface area (Å²) in [7, 11) is -3.17. The molecule has 0 aliphatic carbocycles. The number of benzene rings is 1. The molecule has 0 amide bonds. The van der Waals surface area contributed by atoms with Gasteiger partial charge in [0.05, 0.1) is 16.1 Å². The Bertz CT molecular complexity index is 925. The summed E-state index contributed by atoms with van der Waals surface area (Å²) in [5.41, 5.74) is 3.92. The third-order valence-corrected chi connectivity index (χ3v) is 6.03. The molecule has 3 aromatic rings. The molecular formula is C17H19N3O2S2. The number of sulfone groups is 1. The maximum Gasteiger partial charge on any atom is 0.175 e. The molecule has 2 aromatic heterocycles. The Labute approximate surface area is 145 Å². The lowest BCUT2D eigenvalue weighted by Gasteiger charge is -2.08. The predicted molar refractivity (Wildman–Crippen MR) is 95.9 cm³/mol. The molecule has 0 saturated carbocycles. The van der Waals surface area contributed by atoms with E-state index in [1.807, 2.05) is 30.8 Å². The van der Waals surface area contributed by atoms with Gasteiger partial charge >= 0.3 is 0 Å². The molecule has 0 N–H and O–H groups in total. The third-order valence-electron chi connectivity index (χ3n) is 3.90. The fourth-order valence-corrected chi connectivity index (χ4v) is 4.03. The summed E-state index contributed by atoms with van der Waals surface area (Å²) in [6, 6.07) is 6.87. The molecule has 0 aliphatic rings. The molecule has 0 atom stereocenters.